The molecule has 104 valence electrons. The Morgan fingerprint density at radius 1 is 1.40 bits per heavy atom. The standard InChI is InChI=1S/C15H17N3OS/c1-10(14(16)19)20-15-17-9-13(18(15)12-7-8-12)11-5-3-2-4-6-11/h2-6,9-10,12H,7-8H2,1H3,(H2,16,19)/t10-/m0/s1. The molecule has 0 spiro atoms. The molecule has 0 saturated heterocycles. The van der Waals surface area contributed by atoms with Gasteiger partial charge in [-0.3, -0.25) is 4.79 Å². The fourth-order valence-corrected chi connectivity index (χ4v) is 3.06. The summed E-state index contributed by atoms with van der Waals surface area (Å²) in [6.45, 7) is 1.82. The molecule has 1 fully saturated rings. The molecule has 0 unspecified atom stereocenters. The Labute approximate surface area is 122 Å². The predicted octanol–water partition coefficient (Wildman–Crippen LogP) is 2.85. The van der Waals surface area contributed by atoms with Crippen molar-refractivity contribution < 1.29 is 4.79 Å². The van der Waals surface area contributed by atoms with Gasteiger partial charge in [0, 0.05) is 6.04 Å². The predicted molar refractivity (Wildman–Crippen MR) is 80.4 cm³/mol. The first kappa shape index (κ1) is 13.2. The molecule has 2 N–H and O–H groups in total. The van der Waals surface area contributed by atoms with Crippen LogP contribution in [-0.4, -0.2) is 20.7 Å². The van der Waals surface area contributed by atoms with Crippen molar-refractivity contribution >= 4 is 17.7 Å². The molecule has 1 aromatic carbocycles. The fourth-order valence-electron chi connectivity index (χ4n) is 2.16. The first-order valence-electron chi connectivity index (χ1n) is 6.75. The van der Waals surface area contributed by atoms with Gasteiger partial charge in [0.15, 0.2) is 5.16 Å². The number of hydrogen-bond donors (Lipinski definition) is 1. The molecule has 1 amide bonds. The number of benzene rings is 1. The smallest absolute Gasteiger partial charge is 0.230 e. The Balaban J connectivity index is 1.96. The number of carbonyl (C=O) groups is 1. The molecular weight excluding hydrogens is 270 g/mol. The van der Waals surface area contributed by atoms with Gasteiger partial charge >= 0.3 is 0 Å². The number of nitrogens with two attached hydrogens (primary N) is 1. The van der Waals surface area contributed by atoms with Crippen molar-refractivity contribution in [3.8, 4) is 11.3 Å². The zero-order valence-corrected chi connectivity index (χ0v) is 12.1. The number of rotatable bonds is 5. The van der Waals surface area contributed by atoms with Crippen molar-refractivity contribution in [1.29, 1.82) is 0 Å². The van der Waals surface area contributed by atoms with E-state index in [1.807, 2.05) is 31.3 Å². The molecule has 1 aromatic heterocycles. The van der Waals surface area contributed by atoms with E-state index in [2.05, 4.69) is 21.7 Å². The zero-order chi connectivity index (χ0) is 14.1. The topological polar surface area (TPSA) is 60.9 Å². The van der Waals surface area contributed by atoms with Gasteiger partial charge in [-0.2, -0.15) is 0 Å². The summed E-state index contributed by atoms with van der Waals surface area (Å²) in [5, 5.41) is 0.621. The third kappa shape index (κ3) is 2.58. The van der Waals surface area contributed by atoms with E-state index in [1.54, 1.807) is 0 Å². The highest BCUT2D eigenvalue weighted by Crippen LogP contribution is 2.42. The maximum Gasteiger partial charge on any atom is 0.230 e. The first-order valence-corrected chi connectivity index (χ1v) is 7.63. The molecule has 1 heterocycles. The summed E-state index contributed by atoms with van der Waals surface area (Å²) in [6, 6.07) is 10.7. The quantitative estimate of drug-likeness (QED) is 0.860. The van der Waals surface area contributed by atoms with Crippen LogP contribution >= 0.6 is 11.8 Å². The maximum absolute atomic E-state index is 11.2. The third-order valence-electron chi connectivity index (χ3n) is 3.43. The van der Waals surface area contributed by atoms with Gasteiger partial charge in [-0.1, -0.05) is 42.1 Å². The molecule has 1 aliphatic carbocycles. The van der Waals surface area contributed by atoms with Crippen molar-refractivity contribution in [3.63, 3.8) is 0 Å². The van der Waals surface area contributed by atoms with E-state index in [0.717, 1.165) is 16.4 Å². The number of hydrogen-bond acceptors (Lipinski definition) is 3. The Morgan fingerprint density at radius 3 is 2.70 bits per heavy atom. The summed E-state index contributed by atoms with van der Waals surface area (Å²) in [5.41, 5.74) is 7.62. The number of nitrogens with zero attached hydrogens (tertiary/aromatic N) is 2. The lowest BCUT2D eigenvalue weighted by Crippen LogP contribution is -2.23. The summed E-state index contributed by atoms with van der Waals surface area (Å²) in [5.74, 6) is -0.304. The number of primary amides is 1. The lowest BCUT2D eigenvalue weighted by Gasteiger charge is -2.12. The number of amides is 1. The average molecular weight is 287 g/mol. The molecule has 3 rings (SSSR count). The van der Waals surface area contributed by atoms with Crippen LogP contribution in [0, 0.1) is 0 Å². The SMILES string of the molecule is C[C@H](Sc1ncc(-c2ccccc2)n1C1CC1)C(N)=O. The summed E-state index contributed by atoms with van der Waals surface area (Å²) in [7, 11) is 0. The molecule has 0 aliphatic heterocycles. The highest BCUT2D eigenvalue weighted by molar-refractivity contribution is 8.00. The Kier molecular flexibility index (Phi) is 3.53. The fraction of sp³-hybridized carbons (Fsp3) is 0.333. The molecular formula is C15H17N3OS. The highest BCUT2D eigenvalue weighted by atomic mass is 32.2. The van der Waals surface area contributed by atoms with Gasteiger partial charge in [0.1, 0.15) is 0 Å². The largest absolute Gasteiger partial charge is 0.369 e. The van der Waals surface area contributed by atoms with Crippen LogP contribution in [0.25, 0.3) is 11.3 Å². The van der Waals surface area contributed by atoms with Crippen LogP contribution in [0.5, 0.6) is 0 Å². The molecule has 20 heavy (non-hydrogen) atoms. The first-order chi connectivity index (χ1) is 9.66. The number of imidazole rings is 1. The lowest BCUT2D eigenvalue weighted by atomic mass is 10.2. The molecule has 1 atom stereocenters. The van der Waals surface area contributed by atoms with Crippen LogP contribution in [-0.2, 0) is 4.79 Å². The minimum Gasteiger partial charge on any atom is -0.369 e. The monoisotopic (exact) mass is 287 g/mol. The maximum atomic E-state index is 11.2. The normalized spacial score (nSPS) is 16.1. The Bertz CT molecular complexity index is 619. The van der Waals surface area contributed by atoms with Crippen molar-refractivity contribution in [2.45, 2.75) is 36.2 Å². The molecule has 0 radical (unpaired) electrons. The minimum atomic E-state index is -0.304. The van der Waals surface area contributed by atoms with Gasteiger partial charge in [0.2, 0.25) is 5.91 Å². The second-order valence-electron chi connectivity index (χ2n) is 5.06. The van der Waals surface area contributed by atoms with Gasteiger partial charge in [0.05, 0.1) is 17.1 Å². The van der Waals surface area contributed by atoms with Crippen LogP contribution < -0.4 is 5.73 Å². The van der Waals surface area contributed by atoms with Crippen molar-refractivity contribution in [1.82, 2.24) is 9.55 Å². The van der Waals surface area contributed by atoms with Crippen LogP contribution in [0.4, 0.5) is 0 Å². The summed E-state index contributed by atoms with van der Waals surface area (Å²) in [4.78, 5) is 15.7. The van der Waals surface area contributed by atoms with E-state index in [1.165, 1.54) is 24.6 Å². The van der Waals surface area contributed by atoms with Crippen molar-refractivity contribution in [2.24, 2.45) is 5.73 Å². The molecule has 2 aromatic rings. The van der Waals surface area contributed by atoms with E-state index in [4.69, 9.17) is 5.73 Å². The van der Waals surface area contributed by atoms with E-state index >= 15 is 0 Å². The molecule has 1 saturated carbocycles. The zero-order valence-electron chi connectivity index (χ0n) is 11.3. The van der Waals surface area contributed by atoms with Gasteiger partial charge in [-0.05, 0) is 25.3 Å². The van der Waals surface area contributed by atoms with Crippen molar-refractivity contribution in [3.05, 3.63) is 36.5 Å². The average Bonchev–Trinajstić information content (AvgIpc) is 3.21. The lowest BCUT2D eigenvalue weighted by molar-refractivity contribution is -0.117. The molecule has 1 aliphatic rings. The number of aromatic nitrogens is 2. The van der Waals surface area contributed by atoms with Crippen LogP contribution in [0.1, 0.15) is 25.8 Å². The van der Waals surface area contributed by atoms with Crippen LogP contribution in [0.3, 0.4) is 0 Å². The van der Waals surface area contributed by atoms with Gasteiger partial charge in [-0.15, -0.1) is 0 Å². The van der Waals surface area contributed by atoms with E-state index < -0.39 is 0 Å². The van der Waals surface area contributed by atoms with E-state index in [-0.39, 0.29) is 11.2 Å². The summed E-state index contributed by atoms with van der Waals surface area (Å²) < 4.78 is 2.25. The van der Waals surface area contributed by atoms with Crippen LogP contribution in [0.2, 0.25) is 0 Å². The molecule has 5 heteroatoms. The third-order valence-corrected chi connectivity index (χ3v) is 4.53. The van der Waals surface area contributed by atoms with E-state index in [9.17, 15) is 4.79 Å². The minimum absolute atomic E-state index is 0.265. The van der Waals surface area contributed by atoms with Gasteiger partial charge < -0.3 is 10.3 Å². The number of thioether (sulfide) groups is 1. The Morgan fingerprint density at radius 2 is 2.10 bits per heavy atom. The molecule has 0 bridgehead atoms. The Hall–Kier alpha value is -1.75. The van der Waals surface area contributed by atoms with Crippen molar-refractivity contribution in [2.75, 3.05) is 0 Å². The summed E-state index contributed by atoms with van der Waals surface area (Å²) in [6.07, 6.45) is 4.24. The second kappa shape index (κ2) is 5.32. The van der Waals surface area contributed by atoms with E-state index in [0.29, 0.717) is 6.04 Å². The summed E-state index contributed by atoms with van der Waals surface area (Å²) >= 11 is 1.44. The van der Waals surface area contributed by atoms with Gasteiger partial charge in [-0.25, -0.2) is 4.98 Å². The number of carbonyl (C=O) groups excluding carboxylic acids is 1. The highest BCUT2D eigenvalue weighted by Gasteiger charge is 2.30. The second-order valence-corrected chi connectivity index (χ2v) is 6.36. The molecule has 4 nitrogen and oxygen atoms in total. The van der Waals surface area contributed by atoms with Gasteiger partial charge in [0.25, 0.3) is 0 Å². The van der Waals surface area contributed by atoms with Crippen LogP contribution in [0.15, 0.2) is 41.7 Å².